The van der Waals surface area contributed by atoms with E-state index in [-0.39, 0.29) is 11.8 Å². The van der Waals surface area contributed by atoms with Gasteiger partial charge in [-0.15, -0.1) is 0 Å². The van der Waals surface area contributed by atoms with Crippen molar-refractivity contribution in [2.75, 3.05) is 0 Å². The molecule has 0 saturated heterocycles. The molecule has 2 heterocycles. The molecule has 1 atom stereocenters. The van der Waals surface area contributed by atoms with Crippen molar-refractivity contribution in [3.8, 4) is 0 Å². The van der Waals surface area contributed by atoms with Gasteiger partial charge in [0, 0.05) is 26.8 Å². The Morgan fingerprint density at radius 1 is 1.16 bits per heavy atom. The molecule has 0 spiro atoms. The SMILES string of the molecule is CC(C(=O)NCc1ccco1)c1ccc2c(c1)[nH]c1ccc(Cl)cc12. The quantitative estimate of drug-likeness (QED) is 0.543. The maximum Gasteiger partial charge on any atom is 0.227 e. The van der Waals surface area contributed by atoms with Crippen LogP contribution in [-0.4, -0.2) is 10.9 Å². The van der Waals surface area contributed by atoms with Crippen molar-refractivity contribution in [3.63, 3.8) is 0 Å². The van der Waals surface area contributed by atoms with E-state index in [4.69, 9.17) is 16.0 Å². The standard InChI is InChI=1S/C20H17ClN2O2/c1-12(20(24)22-11-15-3-2-8-25-15)13-4-6-16-17-10-14(21)5-7-18(17)23-19(16)9-13/h2-10,12,23H,11H2,1H3,(H,22,24). The van der Waals surface area contributed by atoms with Gasteiger partial charge in [-0.3, -0.25) is 4.79 Å². The number of hydrogen-bond acceptors (Lipinski definition) is 2. The molecule has 4 aromatic rings. The predicted molar refractivity (Wildman–Crippen MR) is 99.8 cm³/mol. The number of benzene rings is 2. The molecule has 2 N–H and O–H groups in total. The van der Waals surface area contributed by atoms with Gasteiger partial charge in [0.25, 0.3) is 0 Å². The van der Waals surface area contributed by atoms with Gasteiger partial charge in [-0.25, -0.2) is 0 Å². The Morgan fingerprint density at radius 3 is 2.84 bits per heavy atom. The predicted octanol–water partition coefficient (Wildman–Crippen LogP) is 4.99. The number of carbonyl (C=O) groups excluding carboxylic acids is 1. The lowest BCUT2D eigenvalue weighted by Crippen LogP contribution is -2.27. The fourth-order valence-electron chi connectivity index (χ4n) is 3.05. The zero-order valence-corrected chi connectivity index (χ0v) is 14.4. The number of furan rings is 1. The zero-order valence-electron chi connectivity index (χ0n) is 13.7. The van der Waals surface area contributed by atoms with Crippen LogP contribution in [0.1, 0.15) is 24.2 Å². The summed E-state index contributed by atoms with van der Waals surface area (Å²) in [5.41, 5.74) is 2.99. The van der Waals surface area contributed by atoms with E-state index in [1.54, 1.807) is 12.3 Å². The highest BCUT2D eigenvalue weighted by atomic mass is 35.5. The third-order valence-electron chi connectivity index (χ3n) is 4.49. The van der Waals surface area contributed by atoms with Crippen molar-refractivity contribution in [2.45, 2.75) is 19.4 Å². The lowest BCUT2D eigenvalue weighted by Gasteiger charge is -2.12. The van der Waals surface area contributed by atoms with Gasteiger partial charge in [0.1, 0.15) is 5.76 Å². The number of H-pyrrole nitrogens is 1. The molecular formula is C20H17ClN2O2. The minimum atomic E-state index is -0.255. The van der Waals surface area contributed by atoms with Gasteiger partial charge in [0.05, 0.1) is 18.7 Å². The highest BCUT2D eigenvalue weighted by Gasteiger charge is 2.16. The number of halogens is 1. The third-order valence-corrected chi connectivity index (χ3v) is 4.73. The van der Waals surface area contributed by atoms with Crippen LogP contribution in [0.3, 0.4) is 0 Å². The van der Waals surface area contributed by atoms with Crippen LogP contribution in [-0.2, 0) is 11.3 Å². The van der Waals surface area contributed by atoms with Crippen molar-refractivity contribution in [2.24, 2.45) is 0 Å². The lowest BCUT2D eigenvalue weighted by atomic mass is 9.98. The van der Waals surface area contributed by atoms with Crippen molar-refractivity contribution >= 4 is 39.3 Å². The first kappa shape index (κ1) is 15.8. The monoisotopic (exact) mass is 352 g/mol. The Hall–Kier alpha value is -2.72. The second kappa shape index (κ2) is 6.30. The Labute approximate surface area is 149 Å². The summed E-state index contributed by atoms with van der Waals surface area (Å²) in [5, 5.41) is 5.80. The van der Waals surface area contributed by atoms with E-state index in [0.29, 0.717) is 11.6 Å². The lowest BCUT2D eigenvalue weighted by molar-refractivity contribution is -0.122. The fourth-order valence-corrected chi connectivity index (χ4v) is 3.23. The van der Waals surface area contributed by atoms with Crippen LogP contribution >= 0.6 is 11.6 Å². The molecule has 1 unspecified atom stereocenters. The van der Waals surface area contributed by atoms with Crippen LogP contribution in [0.2, 0.25) is 5.02 Å². The molecule has 4 rings (SSSR count). The summed E-state index contributed by atoms with van der Waals surface area (Å²) in [5.74, 6) is 0.452. The maximum absolute atomic E-state index is 12.4. The van der Waals surface area contributed by atoms with Crippen LogP contribution in [0.4, 0.5) is 0 Å². The van der Waals surface area contributed by atoms with Gasteiger partial charge < -0.3 is 14.7 Å². The summed E-state index contributed by atoms with van der Waals surface area (Å²) in [6.07, 6.45) is 1.60. The second-order valence-corrected chi connectivity index (χ2v) is 6.58. The molecule has 0 aliphatic rings. The molecule has 2 aromatic heterocycles. The van der Waals surface area contributed by atoms with Crippen molar-refractivity contribution in [1.82, 2.24) is 10.3 Å². The molecule has 0 aliphatic carbocycles. The van der Waals surface area contributed by atoms with Crippen LogP contribution < -0.4 is 5.32 Å². The summed E-state index contributed by atoms with van der Waals surface area (Å²) >= 11 is 6.10. The molecule has 5 heteroatoms. The number of hydrogen-bond donors (Lipinski definition) is 2. The van der Waals surface area contributed by atoms with Gasteiger partial charge in [0.2, 0.25) is 5.91 Å². The molecule has 126 valence electrons. The van der Waals surface area contributed by atoms with E-state index < -0.39 is 0 Å². The van der Waals surface area contributed by atoms with Crippen LogP contribution in [0, 0.1) is 0 Å². The minimum Gasteiger partial charge on any atom is -0.467 e. The molecule has 0 aliphatic heterocycles. The second-order valence-electron chi connectivity index (χ2n) is 6.14. The minimum absolute atomic E-state index is 0.0325. The largest absolute Gasteiger partial charge is 0.467 e. The summed E-state index contributed by atoms with van der Waals surface area (Å²) in [7, 11) is 0. The molecule has 1 amide bonds. The van der Waals surface area contributed by atoms with Crippen LogP contribution in [0.25, 0.3) is 21.8 Å². The third kappa shape index (κ3) is 3.01. The maximum atomic E-state index is 12.4. The molecule has 0 fully saturated rings. The Morgan fingerprint density at radius 2 is 2.04 bits per heavy atom. The van der Waals surface area contributed by atoms with Crippen molar-refractivity contribution in [3.05, 3.63) is 71.1 Å². The van der Waals surface area contributed by atoms with Gasteiger partial charge in [-0.05, 0) is 48.9 Å². The Kier molecular flexibility index (Phi) is 3.98. The Bertz CT molecular complexity index is 1050. The van der Waals surface area contributed by atoms with E-state index in [0.717, 1.165) is 33.1 Å². The van der Waals surface area contributed by atoms with Gasteiger partial charge in [0.15, 0.2) is 0 Å². The first-order valence-corrected chi connectivity index (χ1v) is 8.50. The molecule has 2 aromatic carbocycles. The average Bonchev–Trinajstić information content (AvgIpc) is 3.25. The molecule has 4 nitrogen and oxygen atoms in total. The van der Waals surface area contributed by atoms with Gasteiger partial charge in [-0.1, -0.05) is 23.7 Å². The molecular weight excluding hydrogens is 336 g/mol. The topological polar surface area (TPSA) is 58.0 Å². The number of aromatic nitrogens is 1. The van der Waals surface area contributed by atoms with E-state index in [1.807, 2.05) is 49.4 Å². The van der Waals surface area contributed by atoms with Crippen molar-refractivity contribution < 1.29 is 9.21 Å². The first-order valence-electron chi connectivity index (χ1n) is 8.13. The smallest absolute Gasteiger partial charge is 0.227 e. The van der Waals surface area contributed by atoms with E-state index in [2.05, 4.69) is 10.3 Å². The van der Waals surface area contributed by atoms with Gasteiger partial charge in [-0.2, -0.15) is 0 Å². The highest BCUT2D eigenvalue weighted by Crippen LogP contribution is 2.30. The van der Waals surface area contributed by atoms with Crippen LogP contribution in [0.5, 0.6) is 0 Å². The summed E-state index contributed by atoms with van der Waals surface area (Å²) in [4.78, 5) is 15.8. The summed E-state index contributed by atoms with van der Waals surface area (Å²) < 4.78 is 5.24. The zero-order chi connectivity index (χ0) is 17.4. The number of aromatic amines is 1. The number of rotatable bonds is 4. The van der Waals surface area contributed by atoms with Crippen molar-refractivity contribution in [1.29, 1.82) is 0 Å². The fraction of sp³-hybridized carbons (Fsp3) is 0.150. The first-order chi connectivity index (χ1) is 12.1. The van der Waals surface area contributed by atoms with E-state index >= 15 is 0 Å². The number of fused-ring (bicyclic) bond motifs is 3. The van der Waals surface area contributed by atoms with Gasteiger partial charge >= 0.3 is 0 Å². The normalized spacial score (nSPS) is 12.6. The highest BCUT2D eigenvalue weighted by molar-refractivity contribution is 6.31. The summed E-state index contributed by atoms with van der Waals surface area (Å²) in [6, 6.07) is 15.5. The average molecular weight is 353 g/mol. The summed E-state index contributed by atoms with van der Waals surface area (Å²) in [6.45, 7) is 2.29. The molecule has 0 bridgehead atoms. The Balaban J connectivity index is 1.59. The molecule has 0 saturated carbocycles. The number of carbonyl (C=O) groups is 1. The number of nitrogens with one attached hydrogen (secondary N) is 2. The van der Waals surface area contributed by atoms with Crippen LogP contribution in [0.15, 0.2) is 59.2 Å². The van der Waals surface area contributed by atoms with E-state index in [1.165, 1.54) is 0 Å². The molecule has 25 heavy (non-hydrogen) atoms. The van der Waals surface area contributed by atoms with E-state index in [9.17, 15) is 4.79 Å². The molecule has 0 radical (unpaired) electrons. The number of amides is 1.